The molecule has 0 spiro atoms. The number of non-ortho nitro benzene ring substituents is 1. The Morgan fingerprint density at radius 1 is 1.36 bits per heavy atom. The zero-order valence-corrected chi connectivity index (χ0v) is 12.6. The number of rotatable bonds is 4. The third kappa shape index (κ3) is 2.44. The highest BCUT2D eigenvalue weighted by atomic mass is 32.1. The quantitative estimate of drug-likeness (QED) is 0.404. The van der Waals surface area contributed by atoms with Gasteiger partial charge in [0.1, 0.15) is 5.76 Å². The van der Waals surface area contributed by atoms with Gasteiger partial charge in [-0.25, -0.2) is 4.98 Å². The normalized spacial score (nSPS) is 10.6. The van der Waals surface area contributed by atoms with Crippen LogP contribution in [0.2, 0.25) is 0 Å². The van der Waals surface area contributed by atoms with Gasteiger partial charge in [-0.05, 0) is 23.6 Å². The molecule has 1 aromatic carbocycles. The lowest BCUT2D eigenvalue weighted by Crippen LogP contribution is -1.95. The first kappa shape index (κ1) is 14.2. The lowest BCUT2D eigenvalue weighted by atomic mass is 10.0. The fraction of sp³-hybridized carbons (Fsp3) is 0.0625. The van der Waals surface area contributed by atoms with Gasteiger partial charge in [0.2, 0.25) is 0 Å². The summed E-state index contributed by atoms with van der Waals surface area (Å²) < 4.78 is 5.25. The first-order chi connectivity index (χ1) is 10.6. The number of hydrogen-bond donors (Lipinski definition) is 0. The van der Waals surface area contributed by atoms with Crippen LogP contribution in [0.25, 0.3) is 27.9 Å². The first-order valence-corrected chi connectivity index (χ1v) is 7.39. The van der Waals surface area contributed by atoms with Gasteiger partial charge in [-0.1, -0.05) is 6.58 Å². The van der Waals surface area contributed by atoms with Crippen LogP contribution in [-0.2, 0) is 4.74 Å². The van der Waals surface area contributed by atoms with Crippen LogP contribution in [0.4, 0.5) is 5.69 Å². The van der Waals surface area contributed by atoms with E-state index < -0.39 is 4.92 Å². The number of thiophene rings is 1. The van der Waals surface area contributed by atoms with E-state index in [1.807, 2.05) is 22.9 Å². The summed E-state index contributed by atoms with van der Waals surface area (Å²) in [6.45, 7) is 3.90. The van der Waals surface area contributed by atoms with Crippen molar-refractivity contribution in [1.29, 1.82) is 0 Å². The Bertz CT molecular complexity index is 872. The Kier molecular flexibility index (Phi) is 3.60. The number of ether oxygens (including phenoxy) is 1. The van der Waals surface area contributed by atoms with Crippen LogP contribution >= 0.6 is 11.3 Å². The van der Waals surface area contributed by atoms with Gasteiger partial charge in [0.05, 0.1) is 23.2 Å². The molecular weight excluding hydrogens is 300 g/mol. The van der Waals surface area contributed by atoms with Gasteiger partial charge < -0.3 is 4.74 Å². The molecule has 0 aliphatic rings. The largest absolute Gasteiger partial charge is 0.497 e. The van der Waals surface area contributed by atoms with Gasteiger partial charge in [0, 0.05) is 34.0 Å². The molecule has 3 aromatic rings. The second-order valence-corrected chi connectivity index (χ2v) is 5.44. The Hall–Kier alpha value is -2.73. The third-order valence-corrected chi connectivity index (χ3v) is 4.04. The molecule has 0 fully saturated rings. The van der Waals surface area contributed by atoms with E-state index >= 15 is 0 Å². The minimum atomic E-state index is -0.423. The summed E-state index contributed by atoms with van der Waals surface area (Å²) in [6.07, 6.45) is 0. The summed E-state index contributed by atoms with van der Waals surface area (Å²) in [4.78, 5) is 15.1. The van der Waals surface area contributed by atoms with Crippen molar-refractivity contribution in [3.63, 3.8) is 0 Å². The van der Waals surface area contributed by atoms with Gasteiger partial charge >= 0.3 is 0 Å². The highest BCUT2D eigenvalue weighted by Gasteiger charge is 2.15. The number of fused-ring (bicyclic) bond motifs is 1. The van der Waals surface area contributed by atoms with Crippen molar-refractivity contribution in [3.8, 4) is 11.3 Å². The van der Waals surface area contributed by atoms with Gasteiger partial charge in [-0.2, -0.15) is 11.3 Å². The van der Waals surface area contributed by atoms with E-state index in [1.165, 1.54) is 12.1 Å². The van der Waals surface area contributed by atoms with E-state index in [0.717, 1.165) is 16.5 Å². The molecule has 0 saturated heterocycles. The third-order valence-electron chi connectivity index (χ3n) is 3.35. The number of hydrogen-bond acceptors (Lipinski definition) is 5. The number of benzene rings is 1. The molecule has 22 heavy (non-hydrogen) atoms. The molecule has 6 heteroatoms. The van der Waals surface area contributed by atoms with E-state index in [0.29, 0.717) is 17.0 Å². The molecule has 0 saturated carbocycles. The molecule has 5 nitrogen and oxygen atoms in total. The summed E-state index contributed by atoms with van der Waals surface area (Å²) in [5.41, 5.74) is 3.02. The van der Waals surface area contributed by atoms with Crippen LogP contribution in [0.1, 0.15) is 5.56 Å². The zero-order valence-electron chi connectivity index (χ0n) is 11.8. The Morgan fingerprint density at radius 3 is 2.82 bits per heavy atom. The van der Waals surface area contributed by atoms with Gasteiger partial charge in [-0.3, -0.25) is 10.1 Å². The van der Waals surface area contributed by atoms with Crippen molar-refractivity contribution in [3.05, 3.63) is 63.3 Å². The fourth-order valence-corrected chi connectivity index (χ4v) is 2.85. The molecule has 2 aromatic heterocycles. The van der Waals surface area contributed by atoms with E-state index in [9.17, 15) is 10.1 Å². The second-order valence-electron chi connectivity index (χ2n) is 4.66. The lowest BCUT2D eigenvalue weighted by molar-refractivity contribution is -0.384. The maximum Gasteiger partial charge on any atom is 0.271 e. The molecule has 0 aliphatic heterocycles. The highest BCUT2D eigenvalue weighted by molar-refractivity contribution is 7.08. The van der Waals surface area contributed by atoms with Crippen molar-refractivity contribution in [1.82, 2.24) is 4.98 Å². The van der Waals surface area contributed by atoms with Crippen molar-refractivity contribution in [2.24, 2.45) is 0 Å². The SMILES string of the molecule is C=C(OC)c1cc2ccc([N+](=O)[O-])cc2nc1-c1ccsc1. The van der Waals surface area contributed by atoms with Gasteiger partial charge in [0.15, 0.2) is 0 Å². The van der Waals surface area contributed by atoms with Crippen LogP contribution in [0.5, 0.6) is 0 Å². The van der Waals surface area contributed by atoms with Crippen LogP contribution < -0.4 is 0 Å². The minimum absolute atomic E-state index is 0.0228. The molecule has 0 aliphatic carbocycles. The molecule has 110 valence electrons. The molecule has 0 radical (unpaired) electrons. The standard InChI is InChI=1S/C16H12N2O3S/c1-10(21-2)14-7-11-3-4-13(18(19)20)8-15(11)17-16(14)12-5-6-22-9-12/h3-9H,1H2,2H3. The summed E-state index contributed by atoms with van der Waals surface area (Å²) in [6, 6.07) is 8.47. The summed E-state index contributed by atoms with van der Waals surface area (Å²) >= 11 is 1.56. The molecule has 2 heterocycles. The molecule has 0 atom stereocenters. The predicted octanol–water partition coefficient (Wildman–Crippen LogP) is 4.49. The van der Waals surface area contributed by atoms with Crippen molar-refractivity contribution >= 4 is 33.7 Å². The van der Waals surface area contributed by atoms with E-state index in [4.69, 9.17) is 4.74 Å². The highest BCUT2D eigenvalue weighted by Crippen LogP contribution is 2.32. The fourth-order valence-electron chi connectivity index (χ4n) is 2.21. The molecule has 0 bridgehead atoms. The minimum Gasteiger partial charge on any atom is -0.497 e. The molecule has 3 rings (SSSR count). The Morgan fingerprint density at radius 2 is 2.18 bits per heavy atom. The number of nitro benzene ring substituents is 1. The van der Waals surface area contributed by atoms with E-state index in [-0.39, 0.29) is 5.69 Å². The van der Waals surface area contributed by atoms with Gasteiger partial charge in [-0.15, -0.1) is 0 Å². The number of nitro groups is 1. The smallest absolute Gasteiger partial charge is 0.271 e. The Labute approximate surface area is 130 Å². The summed E-state index contributed by atoms with van der Waals surface area (Å²) in [5.74, 6) is 0.508. The van der Waals surface area contributed by atoms with Crippen molar-refractivity contribution < 1.29 is 9.66 Å². The number of pyridine rings is 1. The number of aromatic nitrogens is 1. The van der Waals surface area contributed by atoms with E-state index in [2.05, 4.69) is 11.6 Å². The molecule has 0 N–H and O–H groups in total. The van der Waals surface area contributed by atoms with Crippen LogP contribution in [-0.4, -0.2) is 17.0 Å². The monoisotopic (exact) mass is 312 g/mol. The van der Waals surface area contributed by atoms with Crippen LogP contribution in [0.15, 0.2) is 47.7 Å². The second kappa shape index (κ2) is 5.57. The zero-order chi connectivity index (χ0) is 15.7. The van der Waals surface area contributed by atoms with Crippen LogP contribution in [0, 0.1) is 10.1 Å². The summed E-state index contributed by atoms with van der Waals surface area (Å²) in [7, 11) is 1.56. The van der Waals surface area contributed by atoms with Crippen molar-refractivity contribution in [2.75, 3.05) is 7.11 Å². The van der Waals surface area contributed by atoms with Gasteiger partial charge in [0.25, 0.3) is 5.69 Å². The lowest BCUT2D eigenvalue weighted by Gasteiger charge is -2.11. The molecule has 0 unspecified atom stereocenters. The predicted molar refractivity (Wildman–Crippen MR) is 87.8 cm³/mol. The molecular formula is C16H12N2O3S. The number of nitrogens with zero attached hydrogens (tertiary/aromatic N) is 2. The Balaban J connectivity index is 2.29. The first-order valence-electron chi connectivity index (χ1n) is 6.45. The van der Waals surface area contributed by atoms with Crippen molar-refractivity contribution in [2.45, 2.75) is 0 Å². The van der Waals surface area contributed by atoms with E-state index in [1.54, 1.807) is 24.5 Å². The average molecular weight is 312 g/mol. The molecule has 0 amide bonds. The maximum absolute atomic E-state index is 10.9. The average Bonchev–Trinajstić information content (AvgIpc) is 3.06. The number of methoxy groups -OCH3 is 1. The summed E-state index contributed by atoms with van der Waals surface area (Å²) in [5, 5.41) is 15.7. The maximum atomic E-state index is 10.9. The van der Waals surface area contributed by atoms with Crippen LogP contribution in [0.3, 0.4) is 0 Å². The topological polar surface area (TPSA) is 65.3 Å².